The molecule has 0 saturated heterocycles. The number of ether oxygens (including phenoxy) is 1. The first-order valence-electron chi connectivity index (χ1n) is 6.56. The van der Waals surface area contributed by atoms with Gasteiger partial charge in [0.1, 0.15) is 11.6 Å². The molecule has 0 N–H and O–H groups in total. The van der Waals surface area contributed by atoms with Crippen LogP contribution in [0.15, 0.2) is 42.5 Å². The standard InChI is InChI=1S/C16H14ClIN2O/c1-10(17)16-19-14-8-7-13(21-2)9-15(14)20(16)12-5-3-11(18)4-6-12/h3-10H,1-2H3. The van der Waals surface area contributed by atoms with E-state index in [1.807, 2.05) is 25.1 Å². The summed E-state index contributed by atoms with van der Waals surface area (Å²) in [6, 6.07) is 14.2. The number of fused-ring (bicyclic) bond motifs is 1. The fourth-order valence-electron chi connectivity index (χ4n) is 2.33. The Morgan fingerprint density at radius 1 is 1.19 bits per heavy atom. The van der Waals surface area contributed by atoms with E-state index in [0.29, 0.717) is 0 Å². The van der Waals surface area contributed by atoms with Crippen LogP contribution < -0.4 is 4.74 Å². The van der Waals surface area contributed by atoms with Crippen molar-refractivity contribution in [3.8, 4) is 11.4 Å². The van der Waals surface area contributed by atoms with Crippen molar-refractivity contribution in [1.82, 2.24) is 9.55 Å². The van der Waals surface area contributed by atoms with Crippen LogP contribution >= 0.6 is 34.2 Å². The normalized spacial score (nSPS) is 12.6. The Bertz CT molecular complexity index is 781. The molecule has 21 heavy (non-hydrogen) atoms. The molecule has 0 saturated carbocycles. The molecule has 5 heteroatoms. The number of hydrogen-bond acceptors (Lipinski definition) is 2. The van der Waals surface area contributed by atoms with Crippen molar-refractivity contribution in [3.05, 3.63) is 51.9 Å². The van der Waals surface area contributed by atoms with E-state index in [1.54, 1.807) is 7.11 Å². The lowest BCUT2D eigenvalue weighted by atomic mass is 10.2. The molecule has 0 fully saturated rings. The minimum absolute atomic E-state index is 0.178. The van der Waals surface area contributed by atoms with Gasteiger partial charge in [-0.3, -0.25) is 4.57 Å². The third kappa shape index (κ3) is 2.74. The minimum Gasteiger partial charge on any atom is -0.497 e. The van der Waals surface area contributed by atoms with E-state index in [2.05, 4.69) is 56.4 Å². The minimum atomic E-state index is -0.178. The third-order valence-electron chi connectivity index (χ3n) is 3.33. The molecule has 3 rings (SSSR count). The van der Waals surface area contributed by atoms with Gasteiger partial charge in [0.2, 0.25) is 0 Å². The van der Waals surface area contributed by atoms with Crippen molar-refractivity contribution in [3.63, 3.8) is 0 Å². The monoisotopic (exact) mass is 412 g/mol. The number of imidazole rings is 1. The lowest BCUT2D eigenvalue weighted by Crippen LogP contribution is -2.01. The maximum Gasteiger partial charge on any atom is 0.132 e. The number of methoxy groups -OCH3 is 1. The Balaban J connectivity index is 2.30. The zero-order chi connectivity index (χ0) is 15.0. The number of benzene rings is 2. The Labute approximate surface area is 142 Å². The summed E-state index contributed by atoms with van der Waals surface area (Å²) in [5.41, 5.74) is 2.96. The number of aromatic nitrogens is 2. The fourth-order valence-corrected chi connectivity index (χ4v) is 2.84. The SMILES string of the molecule is COc1ccc2nc(C(C)Cl)n(-c3ccc(I)cc3)c2c1. The Morgan fingerprint density at radius 3 is 2.52 bits per heavy atom. The highest BCUT2D eigenvalue weighted by Gasteiger charge is 2.16. The van der Waals surface area contributed by atoms with Crippen molar-refractivity contribution < 1.29 is 4.74 Å². The maximum absolute atomic E-state index is 6.32. The van der Waals surface area contributed by atoms with Crippen LogP contribution in [0.3, 0.4) is 0 Å². The molecule has 1 heterocycles. The molecule has 2 aromatic carbocycles. The highest BCUT2D eigenvalue weighted by molar-refractivity contribution is 14.1. The lowest BCUT2D eigenvalue weighted by Gasteiger charge is -2.11. The predicted octanol–water partition coefficient (Wildman–Crippen LogP) is 4.94. The van der Waals surface area contributed by atoms with Gasteiger partial charge in [-0.2, -0.15) is 0 Å². The van der Waals surface area contributed by atoms with Crippen LogP contribution in [-0.2, 0) is 0 Å². The number of halogens is 2. The van der Waals surface area contributed by atoms with Crippen molar-refractivity contribution in [1.29, 1.82) is 0 Å². The lowest BCUT2D eigenvalue weighted by molar-refractivity contribution is 0.415. The van der Waals surface area contributed by atoms with Crippen molar-refractivity contribution in [2.24, 2.45) is 0 Å². The largest absolute Gasteiger partial charge is 0.497 e. The van der Waals surface area contributed by atoms with Gasteiger partial charge in [-0.1, -0.05) is 0 Å². The van der Waals surface area contributed by atoms with Gasteiger partial charge in [-0.25, -0.2) is 4.98 Å². The van der Waals surface area contributed by atoms with E-state index in [4.69, 9.17) is 16.3 Å². The summed E-state index contributed by atoms with van der Waals surface area (Å²) < 4.78 is 8.61. The summed E-state index contributed by atoms with van der Waals surface area (Å²) >= 11 is 8.61. The second-order valence-corrected chi connectivity index (χ2v) is 6.65. The predicted molar refractivity (Wildman–Crippen MR) is 94.6 cm³/mol. The van der Waals surface area contributed by atoms with E-state index < -0.39 is 0 Å². The van der Waals surface area contributed by atoms with Crippen LogP contribution in [0.5, 0.6) is 5.75 Å². The topological polar surface area (TPSA) is 27.1 Å². The van der Waals surface area contributed by atoms with Crippen LogP contribution in [0.25, 0.3) is 16.7 Å². The zero-order valence-corrected chi connectivity index (χ0v) is 14.6. The molecule has 3 aromatic rings. The molecule has 108 valence electrons. The van der Waals surface area contributed by atoms with Gasteiger partial charge in [-0.05, 0) is 65.9 Å². The van der Waals surface area contributed by atoms with Crippen LogP contribution in [0, 0.1) is 3.57 Å². The zero-order valence-electron chi connectivity index (χ0n) is 11.7. The molecular weight excluding hydrogens is 399 g/mol. The number of alkyl halides is 1. The molecule has 0 spiro atoms. The Hall–Kier alpha value is -1.27. The summed E-state index contributed by atoms with van der Waals surface area (Å²) in [5.74, 6) is 1.64. The van der Waals surface area contributed by atoms with E-state index in [1.165, 1.54) is 3.57 Å². The Morgan fingerprint density at radius 2 is 1.90 bits per heavy atom. The molecule has 1 aromatic heterocycles. The van der Waals surface area contributed by atoms with Crippen LogP contribution in [0.2, 0.25) is 0 Å². The summed E-state index contributed by atoms with van der Waals surface area (Å²) in [4.78, 5) is 4.66. The average molecular weight is 413 g/mol. The van der Waals surface area contributed by atoms with Gasteiger partial charge in [0.05, 0.1) is 23.5 Å². The summed E-state index contributed by atoms with van der Waals surface area (Å²) in [7, 11) is 1.66. The van der Waals surface area contributed by atoms with Crippen molar-refractivity contribution in [2.45, 2.75) is 12.3 Å². The molecule has 0 bridgehead atoms. The van der Waals surface area contributed by atoms with Crippen LogP contribution in [0.1, 0.15) is 18.1 Å². The summed E-state index contributed by atoms with van der Waals surface area (Å²) in [6.07, 6.45) is 0. The Kier molecular flexibility index (Phi) is 4.08. The molecule has 3 nitrogen and oxygen atoms in total. The van der Waals surface area contributed by atoms with E-state index in [9.17, 15) is 0 Å². The van der Waals surface area contributed by atoms with Gasteiger partial charge in [0.25, 0.3) is 0 Å². The van der Waals surface area contributed by atoms with Crippen LogP contribution in [-0.4, -0.2) is 16.7 Å². The van der Waals surface area contributed by atoms with E-state index in [0.717, 1.165) is 28.3 Å². The van der Waals surface area contributed by atoms with E-state index in [-0.39, 0.29) is 5.38 Å². The first-order chi connectivity index (χ1) is 10.1. The second kappa shape index (κ2) is 5.85. The smallest absolute Gasteiger partial charge is 0.132 e. The van der Waals surface area contributed by atoms with Gasteiger partial charge >= 0.3 is 0 Å². The molecule has 0 aliphatic rings. The number of hydrogen-bond donors (Lipinski definition) is 0. The molecule has 0 amide bonds. The molecule has 0 aliphatic carbocycles. The van der Waals surface area contributed by atoms with E-state index >= 15 is 0 Å². The molecule has 0 aliphatic heterocycles. The molecule has 0 radical (unpaired) electrons. The van der Waals surface area contributed by atoms with Gasteiger partial charge in [-0.15, -0.1) is 11.6 Å². The first kappa shape index (κ1) is 14.7. The van der Waals surface area contributed by atoms with Gasteiger partial charge in [0.15, 0.2) is 0 Å². The summed E-state index contributed by atoms with van der Waals surface area (Å²) in [6.45, 7) is 1.93. The highest BCUT2D eigenvalue weighted by atomic mass is 127. The highest BCUT2D eigenvalue weighted by Crippen LogP contribution is 2.30. The second-order valence-electron chi connectivity index (χ2n) is 4.75. The summed E-state index contributed by atoms with van der Waals surface area (Å²) in [5, 5.41) is -0.178. The number of nitrogens with zero attached hydrogens (tertiary/aromatic N) is 2. The number of rotatable bonds is 3. The molecular formula is C16H14ClIN2O. The van der Waals surface area contributed by atoms with Gasteiger partial charge < -0.3 is 4.74 Å². The first-order valence-corrected chi connectivity index (χ1v) is 8.08. The average Bonchev–Trinajstić information content (AvgIpc) is 2.86. The molecule has 1 unspecified atom stereocenters. The fraction of sp³-hybridized carbons (Fsp3) is 0.188. The quantitative estimate of drug-likeness (QED) is 0.450. The third-order valence-corrected chi connectivity index (χ3v) is 4.24. The van der Waals surface area contributed by atoms with Crippen molar-refractivity contribution in [2.75, 3.05) is 7.11 Å². The molecule has 1 atom stereocenters. The van der Waals surface area contributed by atoms with Gasteiger partial charge in [0, 0.05) is 15.3 Å². The van der Waals surface area contributed by atoms with Crippen molar-refractivity contribution >= 4 is 45.2 Å². The maximum atomic E-state index is 6.32. The van der Waals surface area contributed by atoms with Crippen LogP contribution in [0.4, 0.5) is 0 Å².